The van der Waals surface area contributed by atoms with Gasteiger partial charge >= 0.3 is 0 Å². The fourth-order valence-corrected chi connectivity index (χ4v) is 6.03. The number of rotatable bonds is 5. The molecule has 5 rings (SSSR count). The molecule has 0 radical (unpaired) electrons. The Bertz CT molecular complexity index is 1280. The van der Waals surface area contributed by atoms with Gasteiger partial charge < -0.3 is 15.1 Å². The molecule has 36 heavy (non-hydrogen) atoms. The van der Waals surface area contributed by atoms with Gasteiger partial charge in [0.1, 0.15) is 10.8 Å². The average Bonchev–Trinajstić information content (AvgIpc) is 2.85. The highest BCUT2D eigenvalue weighted by Gasteiger charge is 2.31. The number of carbonyl (C=O) groups is 1. The van der Waals surface area contributed by atoms with Crippen LogP contribution in [0.3, 0.4) is 0 Å². The lowest BCUT2D eigenvalue weighted by molar-refractivity contribution is 0.0985. The number of amides is 1. The van der Waals surface area contributed by atoms with Crippen molar-refractivity contribution in [2.45, 2.75) is 23.9 Å². The number of anilines is 4. The van der Waals surface area contributed by atoms with Crippen LogP contribution >= 0.6 is 35.0 Å². The van der Waals surface area contributed by atoms with Crippen LogP contribution < -0.4 is 15.1 Å². The molecule has 1 fully saturated rings. The number of hydrogen-bond donors (Lipinski definition) is 1. The molecule has 0 spiro atoms. The first-order valence-corrected chi connectivity index (χ1v) is 13.3. The predicted octanol–water partition coefficient (Wildman–Crippen LogP) is 5.91. The summed E-state index contributed by atoms with van der Waals surface area (Å²) in [6.07, 6.45) is 3.65. The number of carbonyl (C=O) groups excluding carboxylic acids is 1. The fourth-order valence-electron chi connectivity index (χ4n) is 4.52. The van der Waals surface area contributed by atoms with E-state index in [9.17, 15) is 9.18 Å². The molecule has 1 N–H and O–H groups in total. The molecular weight excluding hydrogens is 522 g/mol. The third kappa shape index (κ3) is 4.98. The smallest absolute Gasteiger partial charge is 0.263 e. The summed E-state index contributed by atoms with van der Waals surface area (Å²) < 4.78 is 14.4. The molecule has 0 unspecified atom stereocenters. The minimum absolute atomic E-state index is 0.0604. The lowest BCUT2D eigenvalue weighted by Crippen LogP contribution is -2.42. The van der Waals surface area contributed by atoms with E-state index < -0.39 is 11.7 Å². The third-order valence-corrected chi connectivity index (χ3v) is 8.09. The minimum Gasteiger partial charge on any atom is -0.370 e. The first-order valence-electron chi connectivity index (χ1n) is 11.6. The molecule has 188 valence electrons. The van der Waals surface area contributed by atoms with Gasteiger partial charge in [0.25, 0.3) is 5.91 Å². The van der Waals surface area contributed by atoms with Crippen LogP contribution in [0.1, 0.15) is 23.2 Å². The zero-order valence-electron chi connectivity index (χ0n) is 19.8. The number of piperidine rings is 1. The predicted molar refractivity (Wildman–Crippen MR) is 145 cm³/mol. The highest BCUT2D eigenvalue weighted by atomic mass is 35.5. The minimum atomic E-state index is -0.554. The van der Waals surface area contributed by atoms with Gasteiger partial charge in [-0.15, -0.1) is 0 Å². The Kier molecular flexibility index (Phi) is 7.25. The topological polar surface area (TPSA) is 64.6 Å². The Hall–Kier alpha value is -2.59. The van der Waals surface area contributed by atoms with E-state index in [1.165, 1.54) is 35.0 Å². The quantitative estimate of drug-likeness (QED) is 0.399. The van der Waals surface area contributed by atoms with Crippen molar-refractivity contribution in [2.24, 2.45) is 0 Å². The monoisotopic (exact) mass is 546 g/mol. The van der Waals surface area contributed by atoms with Crippen molar-refractivity contribution in [3.8, 4) is 0 Å². The second kappa shape index (κ2) is 10.4. The zero-order chi connectivity index (χ0) is 25.4. The van der Waals surface area contributed by atoms with E-state index in [1.807, 2.05) is 18.2 Å². The fraction of sp³-hybridized carbons (Fsp3) is 0.320. The zero-order valence-corrected chi connectivity index (χ0v) is 22.2. The number of thioether (sulfide) groups is 1. The Morgan fingerprint density at radius 2 is 1.92 bits per heavy atom. The molecule has 1 saturated heterocycles. The van der Waals surface area contributed by atoms with E-state index in [4.69, 9.17) is 23.2 Å². The van der Waals surface area contributed by atoms with E-state index in [0.717, 1.165) is 37.3 Å². The molecule has 11 heteroatoms. The van der Waals surface area contributed by atoms with Crippen LogP contribution in [0.25, 0.3) is 0 Å². The summed E-state index contributed by atoms with van der Waals surface area (Å²) in [6.45, 7) is 1.92. The number of nitrogens with zero attached hydrogens (tertiary/aromatic N) is 5. The van der Waals surface area contributed by atoms with Gasteiger partial charge in [-0.3, -0.25) is 9.69 Å². The van der Waals surface area contributed by atoms with Crippen LogP contribution in [0, 0.1) is 5.82 Å². The number of aromatic nitrogens is 2. The largest absolute Gasteiger partial charge is 0.370 e. The number of hydrogen-bond acceptors (Lipinski definition) is 7. The van der Waals surface area contributed by atoms with Crippen LogP contribution in [0.2, 0.25) is 10.0 Å². The lowest BCUT2D eigenvalue weighted by atomic mass is 10.0. The Morgan fingerprint density at radius 1 is 1.14 bits per heavy atom. The molecule has 1 aromatic heterocycles. The Balaban J connectivity index is 1.29. The second-order valence-electron chi connectivity index (χ2n) is 8.96. The van der Waals surface area contributed by atoms with Crippen molar-refractivity contribution in [1.29, 1.82) is 0 Å². The van der Waals surface area contributed by atoms with E-state index in [-0.39, 0.29) is 16.6 Å². The molecule has 1 amide bonds. The van der Waals surface area contributed by atoms with Crippen molar-refractivity contribution >= 4 is 63.9 Å². The maximum absolute atomic E-state index is 14.4. The summed E-state index contributed by atoms with van der Waals surface area (Å²) in [4.78, 5) is 27.8. The van der Waals surface area contributed by atoms with Crippen LogP contribution in [-0.4, -0.2) is 59.9 Å². The van der Waals surface area contributed by atoms with Gasteiger partial charge in [0, 0.05) is 31.0 Å². The Labute approximate surface area is 223 Å². The van der Waals surface area contributed by atoms with Gasteiger partial charge in [-0.2, -0.15) is 0 Å². The summed E-state index contributed by atoms with van der Waals surface area (Å²) >= 11 is 14.1. The van der Waals surface area contributed by atoms with Crippen molar-refractivity contribution in [1.82, 2.24) is 14.9 Å². The SMILES string of the molecule is CN(C)C1CCN(c2ccc(Nc3ncc4c(n3)SCN(c3c(F)cccc3Cl)C4=O)cc2Cl)CC1. The molecule has 0 saturated carbocycles. The first kappa shape index (κ1) is 25.1. The number of para-hydroxylation sites is 1. The maximum atomic E-state index is 14.4. The van der Waals surface area contributed by atoms with E-state index in [0.29, 0.717) is 27.6 Å². The lowest BCUT2D eigenvalue weighted by Gasteiger charge is -2.36. The molecule has 7 nitrogen and oxygen atoms in total. The van der Waals surface area contributed by atoms with E-state index in [1.54, 1.807) is 6.07 Å². The number of halogens is 3. The van der Waals surface area contributed by atoms with Crippen molar-refractivity contribution in [2.75, 3.05) is 48.2 Å². The molecular formula is C25H25Cl2FN6OS. The normalized spacial score (nSPS) is 16.4. The van der Waals surface area contributed by atoms with E-state index in [2.05, 4.69) is 39.2 Å². The van der Waals surface area contributed by atoms with Gasteiger partial charge in [-0.05, 0) is 57.3 Å². The average molecular weight is 547 g/mol. The molecule has 2 aliphatic rings. The maximum Gasteiger partial charge on any atom is 0.263 e. The van der Waals surface area contributed by atoms with Gasteiger partial charge in [0.2, 0.25) is 5.95 Å². The highest BCUT2D eigenvalue weighted by Crippen LogP contribution is 2.37. The number of benzene rings is 2. The van der Waals surface area contributed by atoms with Crippen LogP contribution in [0.15, 0.2) is 47.6 Å². The Morgan fingerprint density at radius 3 is 2.61 bits per heavy atom. The third-order valence-electron chi connectivity index (χ3n) is 6.51. The van der Waals surface area contributed by atoms with Crippen molar-refractivity contribution in [3.05, 3.63) is 64.0 Å². The highest BCUT2D eigenvalue weighted by molar-refractivity contribution is 7.99. The second-order valence-corrected chi connectivity index (χ2v) is 10.7. The van der Waals surface area contributed by atoms with Gasteiger partial charge in [-0.1, -0.05) is 41.0 Å². The van der Waals surface area contributed by atoms with Crippen molar-refractivity contribution < 1.29 is 9.18 Å². The molecule has 0 bridgehead atoms. The number of fused-ring (bicyclic) bond motifs is 1. The molecule has 0 aliphatic carbocycles. The summed E-state index contributed by atoms with van der Waals surface area (Å²) in [5, 5.41) is 4.52. The molecule has 2 aromatic carbocycles. The van der Waals surface area contributed by atoms with Crippen LogP contribution in [-0.2, 0) is 0 Å². The summed E-state index contributed by atoms with van der Waals surface area (Å²) in [5.74, 6) is -0.412. The number of nitrogens with one attached hydrogen (secondary N) is 1. The van der Waals surface area contributed by atoms with Gasteiger partial charge in [0.05, 0.1) is 32.9 Å². The van der Waals surface area contributed by atoms with Gasteiger partial charge in [-0.25, -0.2) is 14.4 Å². The van der Waals surface area contributed by atoms with Crippen molar-refractivity contribution in [3.63, 3.8) is 0 Å². The first-order chi connectivity index (χ1) is 17.3. The molecule has 0 atom stereocenters. The van der Waals surface area contributed by atoms with E-state index >= 15 is 0 Å². The molecule has 3 aromatic rings. The summed E-state index contributed by atoms with van der Waals surface area (Å²) in [5.41, 5.74) is 2.12. The molecule has 2 aliphatic heterocycles. The van der Waals surface area contributed by atoms with Crippen LogP contribution in [0.4, 0.5) is 27.4 Å². The van der Waals surface area contributed by atoms with Gasteiger partial charge in [0.15, 0.2) is 0 Å². The molecule has 3 heterocycles. The standard InChI is InChI=1S/C25H25Cl2FN6OS/c1-32(2)16-8-10-33(11-9-16)21-7-6-15(12-19(21)27)30-25-29-13-17-23(31-25)36-14-34(24(17)35)22-18(26)4-3-5-20(22)28/h3-7,12-13,16H,8-11,14H2,1-2H3,(H,29,30,31). The summed E-state index contributed by atoms with van der Waals surface area (Å²) in [6, 6.07) is 10.7. The van der Waals surface area contributed by atoms with Crippen LogP contribution in [0.5, 0.6) is 0 Å². The summed E-state index contributed by atoms with van der Waals surface area (Å²) in [7, 11) is 4.25.